The molecule has 0 bridgehead atoms. The Morgan fingerprint density at radius 1 is 1.33 bits per heavy atom. The highest BCUT2D eigenvalue weighted by Gasteiger charge is 2.56. The van der Waals surface area contributed by atoms with Crippen LogP contribution in [0.25, 0.3) is 0 Å². The van der Waals surface area contributed by atoms with Crippen molar-refractivity contribution in [2.24, 2.45) is 5.41 Å². The number of hydrogen-bond acceptors (Lipinski definition) is 4. The molecule has 3 amide bonds. The number of carbonyl (C=O) groups is 2. The fourth-order valence-electron chi connectivity index (χ4n) is 2.87. The lowest BCUT2D eigenvalue weighted by Gasteiger charge is -2.21. The van der Waals surface area contributed by atoms with Crippen LogP contribution in [-0.2, 0) is 4.79 Å². The van der Waals surface area contributed by atoms with Gasteiger partial charge in [0.2, 0.25) is 0 Å². The summed E-state index contributed by atoms with van der Waals surface area (Å²) in [6.07, 6.45) is 2.94. The minimum Gasteiger partial charge on any atom is -0.322 e. The number of amides is 3. The standard InChI is InChI=1S/C12H16N4O2/c13-5-3-11(1-2-11)8-16-9(17)12(15-10(16)18)4-6-14-7-12/h14H,1-4,6-8H2,(H,15,18). The smallest absolute Gasteiger partial charge is 0.322 e. The lowest BCUT2D eigenvalue weighted by atomic mass is 9.97. The predicted molar refractivity (Wildman–Crippen MR) is 62.4 cm³/mol. The molecule has 2 N–H and O–H groups in total. The first kappa shape index (κ1) is 11.5. The normalized spacial score (nSPS) is 32.7. The zero-order chi connectivity index (χ0) is 12.8. The molecule has 2 heterocycles. The van der Waals surface area contributed by atoms with E-state index in [0.717, 1.165) is 19.4 Å². The van der Waals surface area contributed by atoms with Crippen LogP contribution < -0.4 is 10.6 Å². The van der Waals surface area contributed by atoms with Crippen LogP contribution in [0.5, 0.6) is 0 Å². The Labute approximate surface area is 105 Å². The average Bonchev–Trinajstić information content (AvgIpc) is 2.86. The van der Waals surface area contributed by atoms with Gasteiger partial charge in [0.05, 0.1) is 6.07 Å². The van der Waals surface area contributed by atoms with E-state index in [1.165, 1.54) is 4.90 Å². The highest BCUT2D eigenvalue weighted by atomic mass is 16.2. The van der Waals surface area contributed by atoms with Crippen LogP contribution >= 0.6 is 0 Å². The lowest BCUT2D eigenvalue weighted by molar-refractivity contribution is -0.131. The molecule has 1 unspecified atom stereocenters. The maximum absolute atomic E-state index is 12.4. The Bertz CT molecular complexity index is 443. The van der Waals surface area contributed by atoms with Crippen molar-refractivity contribution in [2.45, 2.75) is 31.2 Å². The van der Waals surface area contributed by atoms with E-state index in [2.05, 4.69) is 16.7 Å². The van der Waals surface area contributed by atoms with Crippen LogP contribution in [0, 0.1) is 16.7 Å². The number of nitrogens with one attached hydrogen (secondary N) is 2. The summed E-state index contributed by atoms with van der Waals surface area (Å²) in [5.41, 5.74) is -0.848. The summed E-state index contributed by atoms with van der Waals surface area (Å²) in [7, 11) is 0. The number of rotatable bonds is 3. The number of urea groups is 1. The van der Waals surface area contributed by atoms with Crippen LogP contribution in [0.3, 0.4) is 0 Å². The largest absolute Gasteiger partial charge is 0.325 e. The zero-order valence-electron chi connectivity index (χ0n) is 10.2. The second kappa shape index (κ2) is 3.69. The van der Waals surface area contributed by atoms with E-state index in [1.807, 2.05) is 0 Å². The minimum absolute atomic E-state index is 0.123. The first-order valence-electron chi connectivity index (χ1n) is 6.33. The van der Waals surface area contributed by atoms with Crippen molar-refractivity contribution in [2.75, 3.05) is 19.6 Å². The summed E-state index contributed by atoms with van der Waals surface area (Å²) in [5, 5.41) is 14.7. The Balaban J connectivity index is 1.76. The third-order valence-corrected chi connectivity index (χ3v) is 4.31. The second-order valence-corrected chi connectivity index (χ2v) is 5.67. The van der Waals surface area contributed by atoms with Gasteiger partial charge in [0.15, 0.2) is 0 Å². The van der Waals surface area contributed by atoms with E-state index in [9.17, 15) is 9.59 Å². The van der Waals surface area contributed by atoms with Gasteiger partial charge in [-0.3, -0.25) is 9.69 Å². The summed E-state index contributed by atoms with van der Waals surface area (Å²) in [6, 6.07) is 1.85. The number of nitriles is 1. The third-order valence-electron chi connectivity index (χ3n) is 4.31. The van der Waals surface area contributed by atoms with Crippen molar-refractivity contribution < 1.29 is 9.59 Å². The number of nitrogens with zero attached hydrogens (tertiary/aromatic N) is 2. The van der Waals surface area contributed by atoms with Crippen molar-refractivity contribution >= 4 is 11.9 Å². The van der Waals surface area contributed by atoms with E-state index in [4.69, 9.17) is 5.26 Å². The first-order chi connectivity index (χ1) is 8.61. The van der Waals surface area contributed by atoms with Crippen molar-refractivity contribution in [1.29, 1.82) is 5.26 Å². The highest BCUT2D eigenvalue weighted by Crippen LogP contribution is 2.49. The van der Waals surface area contributed by atoms with Gasteiger partial charge in [-0.05, 0) is 25.8 Å². The molecule has 0 aromatic carbocycles. The molecule has 2 aliphatic heterocycles. The fourth-order valence-corrected chi connectivity index (χ4v) is 2.87. The van der Waals surface area contributed by atoms with Crippen LogP contribution in [0.4, 0.5) is 4.79 Å². The molecule has 1 atom stereocenters. The summed E-state index contributed by atoms with van der Waals surface area (Å²) in [6.45, 7) is 1.66. The monoisotopic (exact) mass is 248 g/mol. The van der Waals surface area contributed by atoms with Gasteiger partial charge in [-0.25, -0.2) is 4.79 Å². The summed E-state index contributed by atoms with van der Waals surface area (Å²) in [4.78, 5) is 25.6. The van der Waals surface area contributed by atoms with Gasteiger partial charge in [0.25, 0.3) is 5.91 Å². The average molecular weight is 248 g/mol. The van der Waals surface area contributed by atoms with Crippen LogP contribution in [0.2, 0.25) is 0 Å². The number of carbonyl (C=O) groups excluding carboxylic acids is 2. The molecule has 1 aliphatic carbocycles. The molecule has 6 heteroatoms. The molecule has 3 fully saturated rings. The minimum atomic E-state index is -0.722. The van der Waals surface area contributed by atoms with E-state index < -0.39 is 5.54 Å². The van der Waals surface area contributed by atoms with Crippen molar-refractivity contribution in [3.63, 3.8) is 0 Å². The molecule has 2 saturated heterocycles. The van der Waals surface area contributed by atoms with Crippen LogP contribution in [0.15, 0.2) is 0 Å². The Morgan fingerprint density at radius 3 is 2.67 bits per heavy atom. The molecule has 0 aromatic rings. The molecule has 1 spiro atoms. The van der Waals surface area contributed by atoms with Gasteiger partial charge in [0, 0.05) is 24.9 Å². The topological polar surface area (TPSA) is 85.2 Å². The van der Waals surface area contributed by atoms with Crippen molar-refractivity contribution in [1.82, 2.24) is 15.5 Å². The van der Waals surface area contributed by atoms with Gasteiger partial charge in [-0.2, -0.15) is 5.26 Å². The lowest BCUT2D eigenvalue weighted by Crippen LogP contribution is -2.49. The van der Waals surface area contributed by atoms with Gasteiger partial charge < -0.3 is 10.6 Å². The highest BCUT2D eigenvalue weighted by molar-refractivity contribution is 6.07. The Kier molecular flexibility index (Phi) is 2.35. The van der Waals surface area contributed by atoms with Crippen molar-refractivity contribution in [3.05, 3.63) is 0 Å². The Hall–Kier alpha value is -1.61. The van der Waals surface area contributed by atoms with Gasteiger partial charge in [-0.15, -0.1) is 0 Å². The number of imide groups is 1. The van der Waals surface area contributed by atoms with Gasteiger partial charge in [0.1, 0.15) is 5.54 Å². The molecular weight excluding hydrogens is 232 g/mol. The zero-order valence-corrected chi connectivity index (χ0v) is 10.2. The van der Waals surface area contributed by atoms with E-state index in [-0.39, 0.29) is 17.4 Å². The summed E-state index contributed by atoms with van der Waals surface area (Å²) in [5.74, 6) is -0.123. The molecule has 18 heavy (non-hydrogen) atoms. The molecule has 0 aromatic heterocycles. The molecule has 6 nitrogen and oxygen atoms in total. The summed E-state index contributed by atoms with van der Waals surface area (Å²) >= 11 is 0. The molecule has 1 saturated carbocycles. The third kappa shape index (κ3) is 1.58. The van der Waals surface area contributed by atoms with Crippen molar-refractivity contribution in [3.8, 4) is 6.07 Å². The SMILES string of the molecule is N#CCC1(CN2C(=O)NC3(CCNC3)C2=O)CC1. The molecule has 96 valence electrons. The molecule has 0 radical (unpaired) electrons. The van der Waals surface area contributed by atoms with E-state index >= 15 is 0 Å². The quantitative estimate of drug-likeness (QED) is 0.686. The van der Waals surface area contributed by atoms with Gasteiger partial charge in [-0.1, -0.05) is 0 Å². The number of hydrogen-bond donors (Lipinski definition) is 2. The molecular formula is C12H16N4O2. The van der Waals surface area contributed by atoms with E-state index in [1.54, 1.807) is 0 Å². The Morgan fingerprint density at radius 2 is 2.11 bits per heavy atom. The maximum Gasteiger partial charge on any atom is 0.325 e. The molecule has 3 rings (SSSR count). The van der Waals surface area contributed by atoms with Crippen LogP contribution in [0.1, 0.15) is 25.7 Å². The maximum atomic E-state index is 12.4. The van der Waals surface area contributed by atoms with Gasteiger partial charge >= 0.3 is 6.03 Å². The fraction of sp³-hybridized carbons (Fsp3) is 0.750. The predicted octanol–water partition coefficient (Wildman–Crippen LogP) is -0.0358. The van der Waals surface area contributed by atoms with Crippen LogP contribution in [-0.4, -0.2) is 42.0 Å². The first-order valence-corrected chi connectivity index (χ1v) is 6.33. The van der Waals surface area contributed by atoms with E-state index in [0.29, 0.717) is 25.9 Å². The second-order valence-electron chi connectivity index (χ2n) is 5.67. The molecule has 3 aliphatic rings. The summed E-state index contributed by atoms with van der Waals surface area (Å²) < 4.78 is 0.